The molecule has 0 bridgehead atoms. The van der Waals surface area contributed by atoms with Gasteiger partial charge in [0, 0.05) is 0 Å². The predicted molar refractivity (Wildman–Crippen MR) is 70.5 cm³/mol. The van der Waals surface area contributed by atoms with Gasteiger partial charge in [0.05, 0.1) is 7.11 Å². The van der Waals surface area contributed by atoms with Gasteiger partial charge < -0.3 is 14.2 Å². The minimum absolute atomic E-state index is 0.338. The quantitative estimate of drug-likeness (QED) is 0.747. The zero-order valence-corrected chi connectivity index (χ0v) is 10.5. The van der Waals surface area contributed by atoms with Gasteiger partial charge in [-0.05, 0) is 17.7 Å². The maximum absolute atomic E-state index is 10.5. The third kappa shape index (κ3) is 3.25. The van der Waals surface area contributed by atoms with Gasteiger partial charge in [-0.25, -0.2) is 0 Å². The maximum atomic E-state index is 10.5. The van der Waals surface area contributed by atoms with Crippen LogP contribution >= 0.6 is 0 Å². The van der Waals surface area contributed by atoms with E-state index in [0.717, 1.165) is 5.56 Å². The van der Waals surface area contributed by atoms with Crippen molar-refractivity contribution in [1.29, 1.82) is 0 Å². The summed E-state index contributed by atoms with van der Waals surface area (Å²) in [6, 6.07) is 14.8. The van der Waals surface area contributed by atoms with Gasteiger partial charge >= 0.3 is 0 Å². The Morgan fingerprint density at radius 3 is 2.42 bits per heavy atom. The fourth-order valence-corrected chi connectivity index (χ4v) is 1.67. The second-order valence-electron chi connectivity index (χ2n) is 3.78. The fourth-order valence-electron chi connectivity index (χ4n) is 1.67. The molecule has 0 unspecified atom stereocenters. The Bertz CT molecular complexity index is 537. The number of benzene rings is 2. The Kier molecular flexibility index (Phi) is 4.39. The highest BCUT2D eigenvalue weighted by Crippen LogP contribution is 2.37. The average Bonchev–Trinajstić information content (AvgIpc) is 2.47. The van der Waals surface area contributed by atoms with Gasteiger partial charge in [-0.1, -0.05) is 36.4 Å². The molecule has 0 aliphatic heterocycles. The Morgan fingerprint density at radius 2 is 1.74 bits per heavy atom. The molecular formula is C15H14O4. The van der Waals surface area contributed by atoms with Crippen molar-refractivity contribution in [3.63, 3.8) is 0 Å². The highest BCUT2D eigenvalue weighted by Gasteiger charge is 2.12. The molecular weight excluding hydrogens is 244 g/mol. The number of hydrogen-bond donors (Lipinski definition) is 0. The molecule has 0 N–H and O–H groups in total. The molecule has 4 heteroatoms. The molecule has 19 heavy (non-hydrogen) atoms. The Balaban J connectivity index is 2.20. The van der Waals surface area contributed by atoms with Gasteiger partial charge in [0.25, 0.3) is 6.47 Å². The van der Waals surface area contributed by atoms with Crippen LogP contribution in [-0.4, -0.2) is 13.6 Å². The molecule has 2 aromatic carbocycles. The molecule has 0 aromatic heterocycles. The summed E-state index contributed by atoms with van der Waals surface area (Å²) in [5, 5.41) is 0. The van der Waals surface area contributed by atoms with E-state index >= 15 is 0 Å². The first-order valence-electron chi connectivity index (χ1n) is 5.79. The summed E-state index contributed by atoms with van der Waals surface area (Å²) in [6.45, 7) is 0.737. The van der Waals surface area contributed by atoms with Crippen molar-refractivity contribution in [2.75, 3.05) is 7.11 Å². The molecule has 0 atom stereocenters. The predicted octanol–water partition coefficient (Wildman–Crippen LogP) is 2.81. The number of carbonyl (C=O) groups excluding carboxylic acids is 1. The van der Waals surface area contributed by atoms with Crippen LogP contribution in [0.15, 0.2) is 48.5 Å². The molecule has 0 aliphatic carbocycles. The molecule has 4 nitrogen and oxygen atoms in total. The maximum Gasteiger partial charge on any atom is 0.298 e. The number of rotatable bonds is 6. The number of carbonyl (C=O) groups is 1. The van der Waals surface area contributed by atoms with E-state index in [-0.39, 0.29) is 0 Å². The summed E-state index contributed by atoms with van der Waals surface area (Å²) in [5.74, 6) is 1.28. The van der Waals surface area contributed by atoms with Crippen LogP contribution in [0.5, 0.6) is 17.2 Å². The van der Waals surface area contributed by atoms with E-state index in [1.807, 2.05) is 30.3 Å². The normalized spacial score (nSPS) is 9.74. The van der Waals surface area contributed by atoms with E-state index in [0.29, 0.717) is 30.3 Å². The molecule has 0 saturated heterocycles. The fraction of sp³-hybridized carbons (Fsp3) is 0.133. The van der Waals surface area contributed by atoms with Crippen LogP contribution in [0.25, 0.3) is 0 Å². The Morgan fingerprint density at radius 1 is 1.00 bits per heavy atom. The molecule has 0 heterocycles. The summed E-state index contributed by atoms with van der Waals surface area (Å²) in [5.41, 5.74) is 1.02. The highest BCUT2D eigenvalue weighted by molar-refractivity contribution is 5.56. The van der Waals surface area contributed by atoms with E-state index < -0.39 is 0 Å². The molecule has 2 aromatic rings. The zero-order chi connectivity index (χ0) is 13.5. The van der Waals surface area contributed by atoms with Crippen molar-refractivity contribution < 1.29 is 19.0 Å². The second kappa shape index (κ2) is 6.44. The van der Waals surface area contributed by atoms with Crippen molar-refractivity contribution in [2.45, 2.75) is 6.61 Å². The van der Waals surface area contributed by atoms with Gasteiger partial charge in [-0.2, -0.15) is 0 Å². The molecule has 0 amide bonds. The molecule has 0 spiro atoms. The monoisotopic (exact) mass is 258 g/mol. The van der Waals surface area contributed by atoms with E-state index in [4.69, 9.17) is 14.2 Å². The van der Waals surface area contributed by atoms with E-state index in [9.17, 15) is 4.79 Å². The summed E-state index contributed by atoms with van der Waals surface area (Å²) in [7, 11) is 1.54. The van der Waals surface area contributed by atoms with Crippen LogP contribution in [0.4, 0.5) is 0 Å². The van der Waals surface area contributed by atoms with Crippen LogP contribution in [0.2, 0.25) is 0 Å². The molecule has 2 rings (SSSR count). The zero-order valence-electron chi connectivity index (χ0n) is 10.5. The molecule has 0 aliphatic rings. The van der Waals surface area contributed by atoms with Crippen molar-refractivity contribution >= 4 is 6.47 Å². The van der Waals surface area contributed by atoms with Crippen LogP contribution < -0.4 is 14.2 Å². The van der Waals surface area contributed by atoms with Crippen molar-refractivity contribution in [1.82, 2.24) is 0 Å². The average molecular weight is 258 g/mol. The lowest BCUT2D eigenvalue weighted by Crippen LogP contribution is -2.00. The third-order valence-corrected chi connectivity index (χ3v) is 2.56. The Hall–Kier alpha value is -2.49. The Labute approximate surface area is 111 Å². The largest absolute Gasteiger partial charge is 0.493 e. The third-order valence-electron chi connectivity index (χ3n) is 2.56. The molecule has 98 valence electrons. The van der Waals surface area contributed by atoms with E-state index in [1.54, 1.807) is 18.2 Å². The van der Waals surface area contributed by atoms with E-state index in [2.05, 4.69) is 0 Å². The van der Waals surface area contributed by atoms with Crippen molar-refractivity contribution in [3.05, 3.63) is 54.1 Å². The van der Waals surface area contributed by atoms with Gasteiger partial charge in [0.1, 0.15) is 6.61 Å². The second-order valence-corrected chi connectivity index (χ2v) is 3.78. The smallest absolute Gasteiger partial charge is 0.298 e. The summed E-state index contributed by atoms with van der Waals surface area (Å²) in [4.78, 5) is 10.5. The van der Waals surface area contributed by atoms with Gasteiger partial charge in [-0.15, -0.1) is 0 Å². The van der Waals surface area contributed by atoms with Gasteiger partial charge in [0.15, 0.2) is 11.5 Å². The van der Waals surface area contributed by atoms with Crippen LogP contribution in [0.3, 0.4) is 0 Å². The number of hydrogen-bond acceptors (Lipinski definition) is 4. The highest BCUT2D eigenvalue weighted by atomic mass is 16.6. The van der Waals surface area contributed by atoms with Crippen molar-refractivity contribution in [3.8, 4) is 17.2 Å². The number of ether oxygens (including phenoxy) is 3. The minimum atomic E-state index is 0.338. The van der Waals surface area contributed by atoms with Crippen LogP contribution in [-0.2, 0) is 11.4 Å². The summed E-state index contributed by atoms with van der Waals surface area (Å²) < 4.78 is 15.8. The number of methoxy groups -OCH3 is 1. The summed E-state index contributed by atoms with van der Waals surface area (Å²) >= 11 is 0. The van der Waals surface area contributed by atoms with Crippen molar-refractivity contribution in [2.24, 2.45) is 0 Å². The standard InChI is InChI=1S/C15H14O4/c1-17-13-8-5-9-14(19-11-16)15(13)18-10-12-6-3-2-4-7-12/h2-9,11H,10H2,1H3. The summed E-state index contributed by atoms with van der Waals surface area (Å²) in [6.07, 6.45) is 0. The first-order valence-corrected chi connectivity index (χ1v) is 5.79. The topological polar surface area (TPSA) is 44.8 Å². The van der Waals surface area contributed by atoms with E-state index in [1.165, 1.54) is 7.11 Å². The lowest BCUT2D eigenvalue weighted by atomic mass is 10.2. The van der Waals surface area contributed by atoms with Crippen LogP contribution in [0.1, 0.15) is 5.56 Å². The first kappa shape index (κ1) is 13.0. The number of para-hydroxylation sites is 1. The first-order chi connectivity index (χ1) is 9.35. The lowest BCUT2D eigenvalue weighted by Gasteiger charge is -2.13. The van der Waals surface area contributed by atoms with Gasteiger partial charge in [-0.3, -0.25) is 4.79 Å². The molecule has 0 saturated carbocycles. The molecule has 0 radical (unpaired) electrons. The van der Waals surface area contributed by atoms with Crippen LogP contribution in [0, 0.1) is 0 Å². The minimum Gasteiger partial charge on any atom is -0.493 e. The van der Waals surface area contributed by atoms with Gasteiger partial charge in [0.2, 0.25) is 5.75 Å². The lowest BCUT2D eigenvalue weighted by molar-refractivity contribution is -0.120. The molecule has 0 fully saturated rings. The SMILES string of the molecule is COc1cccc(OC=O)c1OCc1ccccc1.